The van der Waals surface area contributed by atoms with Crippen LogP contribution in [0.15, 0.2) is 0 Å². The second-order valence-corrected chi connectivity index (χ2v) is 6.83. The molecule has 3 nitrogen and oxygen atoms in total. The summed E-state index contributed by atoms with van der Waals surface area (Å²) < 4.78 is 0. The molecule has 0 radical (unpaired) electrons. The molecule has 0 unspecified atom stereocenters. The summed E-state index contributed by atoms with van der Waals surface area (Å²) in [4.78, 5) is 14.2. The molecule has 1 saturated heterocycles. The second-order valence-electron chi connectivity index (χ2n) is 6.83. The number of amides is 1. The lowest BCUT2D eigenvalue weighted by molar-refractivity contribution is -0.137. The number of carbonyl (C=O) groups is 1. The number of rotatable bonds is 2. The van der Waals surface area contributed by atoms with Gasteiger partial charge in [-0.2, -0.15) is 0 Å². The van der Waals surface area contributed by atoms with Gasteiger partial charge in [0.1, 0.15) is 0 Å². The normalized spacial score (nSPS) is 21.1. The van der Waals surface area contributed by atoms with Crippen molar-refractivity contribution in [3.05, 3.63) is 0 Å². The van der Waals surface area contributed by atoms with Crippen molar-refractivity contribution in [3.63, 3.8) is 0 Å². The van der Waals surface area contributed by atoms with Crippen LogP contribution < -0.4 is 5.73 Å². The summed E-state index contributed by atoms with van der Waals surface area (Å²) in [6, 6.07) is -0.381. The fraction of sp³-hybridized carbons (Fsp3) is 0.929. The third-order valence-electron chi connectivity index (χ3n) is 4.33. The molecule has 0 aromatic rings. The van der Waals surface area contributed by atoms with E-state index in [1.54, 1.807) is 0 Å². The van der Waals surface area contributed by atoms with Crippen molar-refractivity contribution in [1.82, 2.24) is 4.90 Å². The van der Waals surface area contributed by atoms with Crippen LogP contribution in [0.2, 0.25) is 0 Å². The van der Waals surface area contributed by atoms with Gasteiger partial charge in [0, 0.05) is 13.1 Å². The van der Waals surface area contributed by atoms with Crippen LogP contribution >= 0.6 is 12.4 Å². The van der Waals surface area contributed by atoms with Crippen molar-refractivity contribution in [2.24, 2.45) is 16.6 Å². The fourth-order valence-electron chi connectivity index (χ4n) is 2.19. The Hall–Kier alpha value is -0.280. The second kappa shape index (κ2) is 6.25. The maximum atomic E-state index is 12.2. The van der Waals surface area contributed by atoms with E-state index in [1.165, 1.54) is 6.42 Å². The Labute approximate surface area is 118 Å². The Kier molecular flexibility index (Phi) is 6.15. The van der Waals surface area contributed by atoms with E-state index >= 15 is 0 Å². The van der Waals surface area contributed by atoms with E-state index in [2.05, 4.69) is 13.8 Å². The van der Waals surface area contributed by atoms with Crippen molar-refractivity contribution < 1.29 is 4.79 Å². The molecule has 2 N–H and O–H groups in total. The molecule has 1 aliphatic heterocycles. The summed E-state index contributed by atoms with van der Waals surface area (Å²) in [6.07, 6.45) is 3.40. The molecule has 1 heterocycles. The Bertz CT molecular complexity index is 278. The summed E-state index contributed by atoms with van der Waals surface area (Å²) in [7, 11) is 0. The number of nitrogens with zero attached hydrogens (tertiary/aromatic N) is 1. The van der Waals surface area contributed by atoms with Gasteiger partial charge >= 0.3 is 0 Å². The zero-order valence-corrected chi connectivity index (χ0v) is 13.3. The van der Waals surface area contributed by atoms with Crippen molar-refractivity contribution in [2.75, 3.05) is 13.1 Å². The van der Waals surface area contributed by atoms with Gasteiger partial charge in [0.15, 0.2) is 0 Å². The number of likely N-dealkylation sites (tertiary alicyclic amines) is 1. The molecule has 1 rings (SSSR count). The summed E-state index contributed by atoms with van der Waals surface area (Å²) in [6.45, 7) is 12.4. The average Bonchev–Trinajstić information content (AvgIpc) is 2.27. The predicted molar refractivity (Wildman–Crippen MR) is 78.9 cm³/mol. The Balaban J connectivity index is 0.00000289. The van der Waals surface area contributed by atoms with Crippen molar-refractivity contribution in [3.8, 4) is 0 Å². The lowest BCUT2D eigenvalue weighted by Gasteiger charge is -2.41. The lowest BCUT2D eigenvalue weighted by Crippen LogP contribution is -2.53. The first-order chi connectivity index (χ1) is 7.69. The summed E-state index contributed by atoms with van der Waals surface area (Å²) in [5.74, 6) is 0.121. The highest BCUT2D eigenvalue weighted by atomic mass is 35.5. The summed E-state index contributed by atoms with van der Waals surface area (Å²) in [5.41, 5.74) is 6.30. The smallest absolute Gasteiger partial charge is 0.240 e. The van der Waals surface area contributed by atoms with Crippen LogP contribution in [0, 0.1) is 10.8 Å². The average molecular weight is 277 g/mol. The number of piperidine rings is 1. The molecule has 0 saturated carbocycles. The molecule has 1 fully saturated rings. The maximum absolute atomic E-state index is 12.2. The van der Waals surface area contributed by atoms with Gasteiger partial charge in [0.2, 0.25) is 5.91 Å². The molecule has 1 aliphatic rings. The number of hydrogen-bond donors (Lipinski definition) is 1. The van der Waals surface area contributed by atoms with Crippen LogP contribution in [0.4, 0.5) is 0 Å². The topological polar surface area (TPSA) is 46.3 Å². The van der Waals surface area contributed by atoms with Crippen LogP contribution in [-0.4, -0.2) is 29.9 Å². The van der Waals surface area contributed by atoms with Gasteiger partial charge in [-0.1, -0.05) is 41.0 Å². The Morgan fingerprint density at radius 1 is 1.33 bits per heavy atom. The number of hydrogen-bond acceptors (Lipinski definition) is 2. The highest BCUT2D eigenvalue weighted by Gasteiger charge is 2.35. The molecule has 0 bridgehead atoms. The molecule has 0 aromatic heterocycles. The zero-order valence-electron chi connectivity index (χ0n) is 12.5. The molecular weight excluding hydrogens is 248 g/mol. The fourth-order valence-corrected chi connectivity index (χ4v) is 2.19. The minimum absolute atomic E-state index is 0. The zero-order chi connectivity index (χ0) is 13.3. The van der Waals surface area contributed by atoms with Crippen molar-refractivity contribution >= 4 is 18.3 Å². The van der Waals surface area contributed by atoms with E-state index in [1.807, 2.05) is 25.7 Å². The SMILES string of the molecule is CCC1(C)CCN(C(=O)[C@@H](N)C(C)(C)C)CC1.Cl. The minimum Gasteiger partial charge on any atom is -0.341 e. The van der Waals surface area contributed by atoms with Crippen LogP contribution in [0.1, 0.15) is 53.9 Å². The van der Waals surface area contributed by atoms with Crippen molar-refractivity contribution in [2.45, 2.75) is 59.9 Å². The molecule has 1 amide bonds. The van der Waals surface area contributed by atoms with Crippen LogP contribution in [0.3, 0.4) is 0 Å². The molecule has 4 heteroatoms. The molecular formula is C14H29ClN2O. The Morgan fingerprint density at radius 3 is 2.11 bits per heavy atom. The van der Waals surface area contributed by atoms with E-state index < -0.39 is 0 Å². The predicted octanol–water partition coefficient (Wildman–Crippen LogP) is 2.82. The maximum Gasteiger partial charge on any atom is 0.240 e. The van der Waals surface area contributed by atoms with Crippen LogP contribution in [0.25, 0.3) is 0 Å². The quantitative estimate of drug-likeness (QED) is 0.843. The van der Waals surface area contributed by atoms with Gasteiger partial charge in [0.25, 0.3) is 0 Å². The van der Waals surface area contributed by atoms with E-state index in [4.69, 9.17) is 5.73 Å². The monoisotopic (exact) mass is 276 g/mol. The van der Waals surface area contributed by atoms with Gasteiger partial charge in [-0.05, 0) is 23.7 Å². The minimum atomic E-state index is -0.381. The van der Waals surface area contributed by atoms with Gasteiger partial charge < -0.3 is 10.6 Å². The van der Waals surface area contributed by atoms with E-state index in [-0.39, 0.29) is 29.8 Å². The third kappa shape index (κ3) is 4.13. The number of nitrogens with two attached hydrogens (primary N) is 1. The summed E-state index contributed by atoms with van der Waals surface area (Å²) in [5, 5.41) is 0. The standard InChI is InChI=1S/C14H28N2O.ClH/c1-6-14(5)7-9-16(10-8-14)12(17)11(15)13(2,3)4;/h11H,6-10,15H2,1-5H3;1H/t11-;/m1./s1. The van der Waals surface area contributed by atoms with Crippen LogP contribution in [0.5, 0.6) is 0 Å². The van der Waals surface area contributed by atoms with Crippen LogP contribution in [-0.2, 0) is 4.79 Å². The molecule has 0 aliphatic carbocycles. The van der Waals surface area contributed by atoms with Gasteiger partial charge in [0.05, 0.1) is 6.04 Å². The Morgan fingerprint density at radius 2 is 1.78 bits per heavy atom. The molecule has 0 spiro atoms. The molecule has 108 valence electrons. The first-order valence-electron chi connectivity index (χ1n) is 6.74. The van der Waals surface area contributed by atoms with Gasteiger partial charge in [-0.25, -0.2) is 0 Å². The van der Waals surface area contributed by atoms with E-state index in [0.29, 0.717) is 5.41 Å². The first-order valence-corrected chi connectivity index (χ1v) is 6.74. The van der Waals surface area contributed by atoms with E-state index in [9.17, 15) is 4.79 Å². The van der Waals surface area contributed by atoms with Gasteiger partial charge in [-0.3, -0.25) is 4.79 Å². The van der Waals surface area contributed by atoms with Crippen molar-refractivity contribution in [1.29, 1.82) is 0 Å². The first kappa shape index (κ1) is 17.7. The lowest BCUT2D eigenvalue weighted by atomic mass is 9.77. The molecule has 18 heavy (non-hydrogen) atoms. The van der Waals surface area contributed by atoms with E-state index in [0.717, 1.165) is 25.9 Å². The number of carbonyl (C=O) groups excluding carboxylic acids is 1. The van der Waals surface area contributed by atoms with Gasteiger partial charge in [-0.15, -0.1) is 12.4 Å². The number of halogens is 1. The third-order valence-corrected chi connectivity index (χ3v) is 4.33. The summed E-state index contributed by atoms with van der Waals surface area (Å²) >= 11 is 0. The largest absolute Gasteiger partial charge is 0.341 e. The molecule has 0 aromatic carbocycles. The highest BCUT2D eigenvalue weighted by Crippen LogP contribution is 2.34. The highest BCUT2D eigenvalue weighted by molar-refractivity contribution is 5.85. The molecule has 1 atom stereocenters.